The van der Waals surface area contributed by atoms with Crippen molar-refractivity contribution in [3.8, 4) is 22.1 Å². The number of halogens is 5. The monoisotopic (exact) mass is 593 g/mol. The molecule has 0 saturated carbocycles. The number of nitro groups is 1. The molecule has 198 valence electrons. The van der Waals surface area contributed by atoms with Crippen molar-refractivity contribution in [2.75, 3.05) is 5.32 Å². The molecule has 5 aromatic rings. The molecule has 39 heavy (non-hydrogen) atoms. The lowest BCUT2D eigenvalue weighted by Crippen LogP contribution is -2.16. The highest BCUT2D eigenvalue weighted by Crippen LogP contribution is 2.36. The molecule has 0 fully saturated rings. The number of ether oxygens (including phenoxy) is 1. The lowest BCUT2D eigenvalue weighted by Gasteiger charge is -2.10. The van der Waals surface area contributed by atoms with Crippen LogP contribution in [0.15, 0.2) is 66.0 Å². The van der Waals surface area contributed by atoms with Gasteiger partial charge in [-0.2, -0.15) is 18.3 Å². The summed E-state index contributed by atoms with van der Waals surface area (Å²) in [6.07, 6.45) is -4.84. The third-order valence-electron chi connectivity index (χ3n) is 5.20. The molecule has 5 rings (SSSR count). The molecular formula is C24H12Cl2F3N5O4S. The molecule has 1 N–H and O–H groups in total. The number of nitrogens with zero attached hydrogens (tertiary/aromatic N) is 4. The Labute approximate surface area is 230 Å². The van der Waals surface area contributed by atoms with E-state index in [0.717, 1.165) is 18.2 Å². The van der Waals surface area contributed by atoms with Crippen LogP contribution in [0.4, 0.5) is 24.5 Å². The van der Waals surface area contributed by atoms with E-state index in [4.69, 9.17) is 27.9 Å². The van der Waals surface area contributed by atoms with Gasteiger partial charge in [0.2, 0.25) is 0 Å². The number of carbonyl (C=O) groups is 1. The average Bonchev–Trinajstić information content (AvgIpc) is 3.51. The standard InChI is InChI=1S/C24H12Cl2F3N5O4S/c25-12-3-1-4-15(7-12)38-16-9-13(8-14(10-16)34(36)37)30-23(35)21-20(26)22-31-17(18-5-2-6-39-18)11-19(24(27,28)29)33(22)32-21/h1-11H,(H,30,35). The Hall–Kier alpha value is -4.20. The number of nitro benzene ring substituents is 1. The lowest BCUT2D eigenvalue weighted by atomic mass is 10.2. The summed E-state index contributed by atoms with van der Waals surface area (Å²) in [4.78, 5) is 28.5. The van der Waals surface area contributed by atoms with Crippen molar-refractivity contribution in [3.05, 3.63) is 97.6 Å². The molecule has 15 heteroatoms. The molecule has 0 unspecified atom stereocenters. The highest BCUT2D eigenvalue weighted by atomic mass is 35.5. The van der Waals surface area contributed by atoms with Crippen LogP contribution in [0.5, 0.6) is 11.5 Å². The maximum absolute atomic E-state index is 13.9. The Bertz CT molecular complexity index is 1740. The number of non-ortho nitro benzene ring substituents is 1. The Morgan fingerprint density at radius 2 is 1.87 bits per heavy atom. The number of carbonyl (C=O) groups excluding carboxylic acids is 1. The predicted octanol–water partition coefficient (Wildman–Crippen LogP) is 7.74. The Morgan fingerprint density at radius 1 is 1.08 bits per heavy atom. The molecule has 0 aliphatic heterocycles. The van der Waals surface area contributed by atoms with E-state index >= 15 is 0 Å². The minimum absolute atomic E-state index is 0.0000678. The highest BCUT2D eigenvalue weighted by Gasteiger charge is 2.37. The van der Waals surface area contributed by atoms with Crippen molar-refractivity contribution in [2.24, 2.45) is 0 Å². The van der Waals surface area contributed by atoms with E-state index in [9.17, 15) is 28.1 Å². The van der Waals surface area contributed by atoms with Crippen LogP contribution in [-0.4, -0.2) is 25.4 Å². The van der Waals surface area contributed by atoms with Gasteiger partial charge < -0.3 is 10.1 Å². The van der Waals surface area contributed by atoms with E-state index in [1.54, 1.807) is 35.7 Å². The number of rotatable bonds is 6. The summed E-state index contributed by atoms with van der Waals surface area (Å²) in [6, 6.07) is 13.8. The van der Waals surface area contributed by atoms with Crippen LogP contribution in [0.2, 0.25) is 10.0 Å². The van der Waals surface area contributed by atoms with E-state index < -0.39 is 39.1 Å². The maximum atomic E-state index is 13.9. The summed E-state index contributed by atoms with van der Waals surface area (Å²) in [5.74, 6) is -0.758. The van der Waals surface area contributed by atoms with Gasteiger partial charge in [0.25, 0.3) is 11.6 Å². The van der Waals surface area contributed by atoms with Gasteiger partial charge in [-0.15, -0.1) is 11.3 Å². The first kappa shape index (κ1) is 26.4. The van der Waals surface area contributed by atoms with E-state index in [1.807, 2.05) is 0 Å². The molecule has 0 aliphatic carbocycles. The molecule has 2 aromatic carbocycles. The molecule has 3 heterocycles. The molecule has 0 saturated heterocycles. The third-order valence-corrected chi connectivity index (χ3v) is 6.68. The minimum atomic E-state index is -4.84. The van der Waals surface area contributed by atoms with Crippen LogP contribution in [-0.2, 0) is 6.18 Å². The fourth-order valence-corrected chi connectivity index (χ4v) is 4.68. The van der Waals surface area contributed by atoms with Gasteiger partial charge in [-0.1, -0.05) is 35.3 Å². The summed E-state index contributed by atoms with van der Waals surface area (Å²) >= 11 is 13.4. The van der Waals surface area contributed by atoms with Crippen LogP contribution in [0.3, 0.4) is 0 Å². The van der Waals surface area contributed by atoms with Crippen LogP contribution in [0.1, 0.15) is 16.2 Å². The molecule has 0 atom stereocenters. The van der Waals surface area contributed by atoms with Crippen molar-refractivity contribution in [1.29, 1.82) is 0 Å². The van der Waals surface area contributed by atoms with E-state index in [-0.39, 0.29) is 28.5 Å². The van der Waals surface area contributed by atoms with Gasteiger partial charge in [-0.25, -0.2) is 9.50 Å². The summed E-state index contributed by atoms with van der Waals surface area (Å²) in [5.41, 5.74) is -2.66. The summed E-state index contributed by atoms with van der Waals surface area (Å²) in [5, 5.41) is 19.2. The fourth-order valence-electron chi connectivity index (χ4n) is 3.57. The number of thiophene rings is 1. The fraction of sp³-hybridized carbons (Fsp3) is 0.0417. The second-order valence-corrected chi connectivity index (χ2v) is 9.65. The van der Waals surface area contributed by atoms with Gasteiger partial charge >= 0.3 is 6.18 Å². The highest BCUT2D eigenvalue weighted by molar-refractivity contribution is 7.13. The smallest absolute Gasteiger partial charge is 0.433 e. The molecule has 0 aliphatic rings. The van der Waals surface area contributed by atoms with Gasteiger partial charge in [0, 0.05) is 17.2 Å². The molecular weight excluding hydrogens is 582 g/mol. The average molecular weight is 594 g/mol. The zero-order valence-corrected chi connectivity index (χ0v) is 21.4. The van der Waals surface area contributed by atoms with Crippen molar-refractivity contribution in [2.45, 2.75) is 6.18 Å². The maximum Gasteiger partial charge on any atom is 0.433 e. The molecule has 1 amide bonds. The van der Waals surface area contributed by atoms with Crippen LogP contribution >= 0.6 is 34.5 Å². The van der Waals surface area contributed by atoms with E-state index in [0.29, 0.717) is 14.4 Å². The summed E-state index contributed by atoms with van der Waals surface area (Å²) in [7, 11) is 0. The zero-order valence-electron chi connectivity index (χ0n) is 19.1. The number of nitrogens with one attached hydrogen (secondary N) is 1. The lowest BCUT2D eigenvalue weighted by molar-refractivity contribution is -0.384. The van der Waals surface area contributed by atoms with Gasteiger partial charge in [0.15, 0.2) is 17.0 Å². The Kier molecular flexibility index (Phi) is 6.89. The second kappa shape index (κ2) is 10.2. The third kappa shape index (κ3) is 5.50. The van der Waals surface area contributed by atoms with Crippen LogP contribution < -0.4 is 10.1 Å². The second-order valence-electron chi connectivity index (χ2n) is 7.89. The number of benzene rings is 2. The molecule has 3 aromatic heterocycles. The number of anilines is 1. The molecule has 0 spiro atoms. The summed E-state index contributed by atoms with van der Waals surface area (Å²) < 4.78 is 47.7. The number of amides is 1. The van der Waals surface area contributed by atoms with Crippen molar-refractivity contribution >= 4 is 57.5 Å². The number of hydrogen-bond acceptors (Lipinski definition) is 7. The number of alkyl halides is 3. The van der Waals surface area contributed by atoms with E-state index in [1.165, 1.54) is 23.5 Å². The number of hydrogen-bond donors (Lipinski definition) is 1. The Morgan fingerprint density at radius 3 is 2.54 bits per heavy atom. The number of fused-ring (bicyclic) bond motifs is 1. The first-order valence-electron chi connectivity index (χ1n) is 10.7. The number of aromatic nitrogens is 3. The molecule has 0 radical (unpaired) electrons. The molecule has 9 nitrogen and oxygen atoms in total. The minimum Gasteiger partial charge on any atom is -0.457 e. The largest absolute Gasteiger partial charge is 0.457 e. The van der Waals surface area contributed by atoms with Crippen LogP contribution in [0.25, 0.3) is 16.2 Å². The molecule has 0 bridgehead atoms. The first-order valence-corrected chi connectivity index (χ1v) is 12.4. The topological polar surface area (TPSA) is 112 Å². The quantitative estimate of drug-likeness (QED) is 0.159. The first-order chi connectivity index (χ1) is 18.5. The van der Waals surface area contributed by atoms with Gasteiger partial charge in [0.1, 0.15) is 16.5 Å². The van der Waals surface area contributed by atoms with Gasteiger partial charge in [-0.3, -0.25) is 14.9 Å². The zero-order chi connectivity index (χ0) is 27.9. The normalized spacial score (nSPS) is 11.5. The van der Waals surface area contributed by atoms with Gasteiger partial charge in [0.05, 0.1) is 27.2 Å². The van der Waals surface area contributed by atoms with E-state index in [2.05, 4.69) is 15.4 Å². The Balaban J connectivity index is 1.53. The van der Waals surface area contributed by atoms with Crippen molar-refractivity contribution in [3.63, 3.8) is 0 Å². The van der Waals surface area contributed by atoms with Crippen molar-refractivity contribution < 1.29 is 27.6 Å². The van der Waals surface area contributed by atoms with Gasteiger partial charge in [-0.05, 0) is 35.7 Å². The SMILES string of the molecule is O=C(Nc1cc(Oc2cccc(Cl)c2)cc([N+](=O)[O-])c1)c1nn2c(C(F)(F)F)cc(-c3cccs3)nc2c1Cl. The predicted molar refractivity (Wildman–Crippen MR) is 139 cm³/mol. The van der Waals surface area contributed by atoms with Crippen molar-refractivity contribution in [1.82, 2.24) is 14.6 Å². The van der Waals surface area contributed by atoms with Crippen LogP contribution in [0, 0.1) is 10.1 Å². The summed E-state index contributed by atoms with van der Waals surface area (Å²) in [6.45, 7) is 0.